The zero-order valence-corrected chi connectivity index (χ0v) is 30.3. The molecule has 6 nitrogen and oxygen atoms in total. The fourth-order valence-corrected chi connectivity index (χ4v) is 4.50. The number of hydrogen-bond acceptors (Lipinski definition) is 2. The summed E-state index contributed by atoms with van der Waals surface area (Å²) in [4.78, 5) is 6.92. The fraction of sp³-hybridized carbons (Fsp3) is 0.333. The summed E-state index contributed by atoms with van der Waals surface area (Å²) in [5.74, 6) is 0. The summed E-state index contributed by atoms with van der Waals surface area (Å²) in [6, 6.07) is 3.72. The van der Waals surface area contributed by atoms with E-state index in [-0.39, 0.29) is 29.7 Å². The van der Waals surface area contributed by atoms with Gasteiger partial charge in [-0.2, -0.15) is 26.3 Å². The van der Waals surface area contributed by atoms with E-state index in [1.165, 1.54) is 33.3 Å². The molecule has 0 aliphatic heterocycles. The summed E-state index contributed by atoms with van der Waals surface area (Å²) in [5.41, 5.74) is -1.33. The van der Waals surface area contributed by atoms with Gasteiger partial charge in [-0.3, -0.25) is 9.97 Å². The van der Waals surface area contributed by atoms with Gasteiger partial charge in [0.05, 0.1) is 11.1 Å². The maximum Gasteiger partial charge on any atom is 0.416 e. The molecule has 14 heteroatoms. The van der Waals surface area contributed by atoms with Crippen LogP contribution in [0.4, 0.5) is 26.3 Å². The fourth-order valence-electron chi connectivity index (χ4n) is 3.31. The van der Waals surface area contributed by atoms with Gasteiger partial charge >= 0.3 is 155 Å². The second-order valence-electron chi connectivity index (χ2n) is 8.57. The molecule has 258 valence electrons. The van der Waals surface area contributed by atoms with E-state index < -0.39 is 23.5 Å². The monoisotopic (exact) mass is 990 g/mol. The third kappa shape index (κ3) is 16.1. The third-order valence-corrected chi connectivity index (χ3v) is 8.39. The number of aryl methyl sites for hydroxylation is 4. The quantitative estimate of drug-likeness (QED) is 0.106. The molecule has 4 aromatic rings. The summed E-state index contributed by atoms with van der Waals surface area (Å²) in [7, 11) is 4.19. The van der Waals surface area contributed by atoms with Crippen molar-refractivity contribution < 1.29 is 65.0 Å². The summed E-state index contributed by atoms with van der Waals surface area (Å²) in [6.45, 7) is 2.27. The Hall–Kier alpha value is -2.32. The van der Waals surface area contributed by atoms with Crippen LogP contribution in [0.5, 0.6) is 0 Å². The summed E-state index contributed by atoms with van der Waals surface area (Å²) in [5, 5.41) is 0. The Morgan fingerprint density at radius 1 is 0.545 bits per heavy atom. The van der Waals surface area contributed by atoms with Gasteiger partial charge in [-0.25, -0.2) is 0 Å². The van der Waals surface area contributed by atoms with Gasteiger partial charge in [-0.15, -0.1) is 0 Å². The van der Waals surface area contributed by atoms with Crippen molar-refractivity contribution in [3.8, 4) is 0 Å². The minimum absolute atomic E-state index is 0. The van der Waals surface area contributed by atoms with E-state index in [0.717, 1.165) is 62.1 Å². The van der Waals surface area contributed by atoms with Crippen LogP contribution in [0.2, 0.25) is 0 Å². The SMILES string of the molecule is Cn1ccn(CCCCCCn2ccn(C)[c]2=[Pt])[c]1=[Pt].FC(F)(F)c1ccncc1.FC(F)(F)c1ccncc1.[CH3-].[CH3-].[CH3-].[CH3-]. The molecule has 0 aliphatic rings. The normalized spacial score (nSPS) is 10.4. The van der Waals surface area contributed by atoms with Crippen LogP contribution in [0.15, 0.2) is 73.8 Å². The zero-order chi connectivity index (χ0) is 29.8. The first-order valence-corrected chi connectivity index (χ1v) is 14.4. The van der Waals surface area contributed by atoms with Gasteiger partial charge in [0, 0.05) is 24.8 Å². The van der Waals surface area contributed by atoms with Crippen molar-refractivity contribution in [2.45, 2.75) is 51.1 Å². The van der Waals surface area contributed by atoms with Crippen molar-refractivity contribution >= 4 is 0 Å². The molecule has 0 bridgehead atoms. The van der Waals surface area contributed by atoms with Crippen LogP contribution in [0.1, 0.15) is 36.8 Å². The van der Waals surface area contributed by atoms with E-state index in [0.29, 0.717) is 0 Å². The summed E-state index contributed by atoms with van der Waals surface area (Å²) >= 11 is 4.77. The van der Waals surface area contributed by atoms with E-state index >= 15 is 0 Å². The van der Waals surface area contributed by atoms with E-state index in [9.17, 15) is 26.3 Å². The molecule has 0 aliphatic carbocycles. The van der Waals surface area contributed by atoms with Crippen molar-refractivity contribution in [1.82, 2.24) is 28.2 Å². The second kappa shape index (κ2) is 22.2. The van der Waals surface area contributed by atoms with Crippen molar-refractivity contribution in [3.63, 3.8) is 0 Å². The van der Waals surface area contributed by atoms with Crippen LogP contribution < -0.4 is 0 Å². The summed E-state index contributed by atoms with van der Waals surface area (Å²) in [6.07, 6.45) is 9.69. The molecule has 0 saturated heterocycles. The number of unbranched alkanes of at least 4 members (excludes halogenated alkanes) is 3. The van der Waals surface area contributed by atoms with Gasteiger partial charge in [0.2, 0.25) is 0 Å². The Morgan fingerprint density at radius 3 is 1.05 bits per heavy atom. The third-order valence-electron chi connectivity index (χ3n) is 5.48. The maximum absolute atomic E-state index is 11.8. The number of imidazole rings is 2. The molecule has 4 heterocycles. The Bertz CT molecular complexity index is 1280. The molecule has 0 fully saturated rings. The number of halogens is 6. The standard InChI is InChI=1S/C14H22N4.2C6H4F3N.4CH3.2Pt/c1-15-9-11-17(13-15)7-5-3-4-6-8-18-12-10-16(2)14-18;2*7-6(8,9)5-1-3-10-4-2-5;;;;;;/h9-12H,3-8H2,1-2H3;2*1-4H;4*1H3;;/q;;;4*-1;;. The number of pyridine rings is 2. The number of nitrogens with zero attached hydrogens (tertiary/aromatic N) is 6. The van der Waals surface area contributed by atoms with E-state index in [1.807, 2.05) is 0 Å². The first-order chi connectivity index (χ1) is 18.8. The van der Waals surface area contributed by atoms with E-state index in [1.54, 1.807) is 0 Å². The molecule has 0 N–H and O–H groups in total. The van der Waals surface area contributed by atoms with Gasteiger partial charge < -0.3 is 29.7 Å². The first-order valence-electron chi connectivity index (χ1n) is 12.1. The predicted octanol–water partition coefficient (Wildman–Crippen LogP) is 8.39. The average molecular weight is 991 g/mol. The Balaban J connectivity index is -0.000000600. The van der Waals surface area contributed by atoms with E-state index in [2.05, 4.69) is 106 Å². The second-order valence-corrected chi connectivity index (χ2v) is 10.6. The van der Waals surface area contributed by atoms with Crippen molar-refractivity contribution in [2.24, 2.45) is 14.1 Å². The first kappa shape index (κ1) is 46.1. The molecule has 0 saturated carbocycles. The topological polar surface area (TPSA) is 45.5 Å². The van der Waals surface area contributed by atoms with Crippen LogP contribution in [0.25, 0.3) is 0 Å². The van der Waals surface area contributed by atoms with E-state index in [4.69, 9.17) is 0 Å². The summed E-state index contributed by atoms with van der Waals surface area (Å²) < 4.78 is 82.2. The van der Waals surface area contributed by atoms with Gasteiger partial charge in [0.15, 0.2) is 0 Å². The van der Waals surface area contributed by atoms with Crippen LogP contribution in [0.3, 0.4) is 0 Å². The van der Waals surface area contributed by atoms with Crippen LogP contribution in [-0.4, -0.2) is 28.2 Å². The Labute approximate surface area is 279 Å². The molecule has 44 heavy (non-hydrogen) atoms. The molecular weight excluding hydrogens is 949 g/mol. The number of rotatable bonds is 7. The minimum atomic E-state index is -4.25. The van der Waals surface area contributed by atoms with Gasteiger partial charge in [0.25, 0.3) is 0 Å². The van der Waals surface area contributed by atoms with Crippen molar-refractivity contribution in [3.05, 3.63) is 122 Å². The number of aromatic nitrogens is 6. The number of hydrogen-bond donors (Lipinski definition) is 0. The minimum Gasteiger partial charge on any atom is -0.358 e. The van der Waals surface area contributed by atoms with Gasteiger partial charge in [0.1, 0.15) is 0 Å². The predicted molar refractivity (Wildman–Crippen MR) is 156 cm³/mol. The Kier molecular flexibility index (Phi) is 23.3. The average Bonchev–Trinajstić information content (AvgIpc) is 3.42. The molecule has 0 aromatic carbocycles. The molecular formula is C30H42F6N6Pt2-4. The van der Waals surface area contributed by atoms with Crippen molar-refractivity contribution in [1.29, 1.82) is 0 Å². The molecule has 0 atom stereocenters. The number of alkyl halides is 6. The van der Waals surface area contributed by atoms with Gasteiger partial charge in [-0.1, -0.05) is 0 Å². The Morgan fingerprint density at radius 2 is 0.841 bits per heavy atom. The van der Waals surface area contributed by atoms with Crippen molar-refractivity contribution in [2.75, 3.05) is 0 Å². The molecule has 4 aromatic heterocycles. The molecule has 0 spiro atoms. The largest absolute Gasteiger partial charge is 0.416 e. The maximum atomic E-state index is 11.8. The zero-order valence-electron chi connectivity index (χ0n) is 25.8. The van der Waals surface area contributed by atoms with Gasteiger partial charge in [-0.05, 0) is 24.3 Å². The smallest absolute Gasteiger partial charge is 0.358 e. The molecule has 0 radical (unpaired) electrons. The molecule has 0 amide bonds. The van der Waals surface area contributed by atoms with Crippen LogP contribution in [0, 0.1) is 37.3 Å². The molecule has 0 unspecified atom stereocenters. The molecule has 4 rings (SSSR count). The van der Waals surface area contributed by atoms with Crippen LogP contribution in [-0.2, 0) is 78.2 Å². The van der Waals surface area contributed by atoms with Crippen LogP contribution >= 0.6 is 0 Å².